The van der Waals surface area contributed by atoms with Crippen molar-refractivity contribution in [1.82, 2.24) is 9.62 Å². The second-order valence-electron chi connectivity index (χ2n) is 4.27. The highest BCUT2D eigenvalue weighted by Crippen LogP contribution is 2.13. The van der Waals surface area contributed by atoms with Crippen molar-refractivity contribution >= 4 is 16.4 Å². The fourth-order valence-corrected chi connectivity index (χ4v) is 2.92. The van der Waals surface area contributed by atoms with Crippen LogP contribution in [0.3, 0.4) is 0 Å². The predicted molar refractivity (Wildman–Crippen MR) is 69.5 cm³/mol. The molecule has 1 aromatic carbocycles. The van der Waals surface area contributed by atoms with Crippen LogP contribution < -0.4 is 5.32 Å². The third kappa shape index (κ3) is 3.93. The van der Waals surface area contributed by atoms with Gasteiger partial charge in [0.1, 0.15) is 0 Å². The highest BCUT2D eigenvalue weighted by molar-refractivity contribution is 7.84. The first-order chi connectivity index (χ1) is 9.08. The van der Waals surface area contributed by atoms with Gasteiger partial charge < -0.3 is 9.50 Å². The normalized spacial score (nSPS) is 16.2. The van der Waals surface area contributed by atoms with Gasteiger partial charge in [-0.15, -0.1) is 0 Å². The SMILES string of the molecule is O=C(NCc1ccccc1)OS(=O)(=O)N1CCCC1. The third-order valence-corrected chi connectivity index (χ3v) is 4.20. The number of nitrogens with zero attached hydrogens (tertiary/aromatic N) is 1. The Bertz CT molecular complexity index is 524. The minimum absolute atomic E-state index is 0.231. The van der Waals surface area contributed by atoms with Crippen LogP contribution in [0, 0.1) is 0 Å². The van der Waals surface area contributed by atoms with Gasteiger partial charge in [-0.05, 0) is 18.4 Å². The standard InChI is InChI=1S/C12H16N2O4S/c15-12(13-10-11-6-2-1-3-7-11)18-19(16,17)14-8-4-5-9-14/h1-3,6-7H,4-5,8-10H2,(H,13,15). The highest BCUT2D eigenvalue weighted by Gasteiger charge is 2.28. The van der Waals surface area contributed by atoms with E-state index in [-0.39, 0.29) is 6.54 Å². The molecule has 1 aliphatic heterocycles. The van der Waals surface area contributed by atoms with E-state index in [9.17, 15) is 13.2 Å². The minimum atomic E-state index is -3.94. The Labute approximate surface area is 112 Å². The number of rotatable bonds is 4. The van der Waals surface area contributed by atoms with Crippen molar-refractivity contribution in [3.63, 3.8) is 0 Å². The topological polar surface area (TPSA) is 75.7 Å². The molecule has 7 heteroatoms. The Morgan fingerprint density at radius 3 is 2.47 bits per heavy atom. The second kappa shape index (κ2) is 6.03. The number of hydrogen-bond donors (Lipinski definition) is 1. The zero-order valence-corrected chi connectivity index (χ0v) is 11.2. The van der Waals surface area contributed by atoms with E-state index in [1.54, 1.807) is 0 Å². The molecular formula is C12H16N2O4S. The van der Waals surface area contributed by atoms with Crippen molar-refractivity contribution in [2.75, 3.05) is 13.1 Å². The van der Waals surface area contributed by atoms with Crippen molar-refractivity contribution in [3.05, 3.63) is 35.9 Å². The maximum absolute atomic E-state index is 11.7. The molecule has 0 radical (unpaired) electrons. The molecule has 104 valence electrons. The second-order valence-corrected chi connectivity index (χ2v) is 5.81. The Morgan fingerprint density at radius 1 is 1.21 bits per heavy atom. The fraction of sp³-hybridized carbons (Fsp3) is 0.417. The monoisotopic (exact) mass is 284 g/mol. The molecule has 1 amide bonds. The molecule has 0 bridgehead atoms. The van der Waals surface area contributed by atoms with E-state index < -0.39 is 16.4 Å². The van der Waals surface area contributed by atoms with E-state index in [1.807, 2.05) is 30.3 Å². The minimum Gasteiger partial charge on any atom is -0.316 e. The summed E-state index contributed by atoms with van der Waals surface area (Å²) in [5.74, 6) is 0. The molecule has 1 aliphatic rings. The van der Waals surface area contributed by atoms with Gasteiger partial charge in [0.25, 0.3) is 0 Å². The first-order valence-electron chi connectivity index (χ1n) is 6.09. The van der Waals surface area contributed by atoms with Crippen LogP contribution in [0.4, 0.5) is 4.79 Å². The van der Waals surface area contributed by atoms with Crippen LogP contribution in [0.5, 0.6) is 0 Å². The molecule has 2 rings (SSSR count). The zero-order chi connectivity index (χ0) is 13.7. The Morgan fingerprint density at radius 2 is 1.84 bits per heavy atom. The smallest absolute Gasteiger partial charge is 0.316 e. The van der Waals surface area contributed by atoms with E-state index in [0.717, 1.165) is 18.4 Å². The van der Waals surface area contributed by atoms with Gasteiger partial charge in [-0.3, -0.25) is 0 Å². The average Bonchev–Trinajstić information content (AvgIpc) is 2.92. The maximum Gasteiger partial charge on any atom is 0.423 e. The summed E-state index contributed by atoms with van der Waals surface area (Å²) in [5, 5.41) is 2.41. The summed E-state index contributed by atoms with van der Waals surface area (Å²) < 4.78 is 29.1. The first kappa shape index (κ1) is 13.8. The average molecular weight is 284 g/mol. The Balaban J connectivity index is 1.84. The summed E-state index contributed by atoms with van der Waals surface area (Å²) in [6.45, 7) is 1.05. The molecule has 19 heavy (non-hydrogen) atoms. The molecule has 1 N–H and O–H groups in total. The number of nitrogens with one attached hydrogen (secondary N) is 1. The highest BCUT2D eigenvalue weighted by atomic mass is 32.2. The molecule has 0 aromatic heterocycles. The molecule has 1 fully saturated rings. The molecule has 0 aliphatic carbocycles. The first-order valence-corrected chi connectivity index (χ1v) is 7.46. The molecule has 0 spiro atoms. The fourth-order valence-electron chi connectivity index (χ4n) is 1.86. The van der Waals surface area contributed by atoms with Crippen LogP contribution in [0.1, 0.15) is 18.4 Å². The van der Waals surface area contributed by atoms with Crippen LogP contribution in [0.2, 0.25) is 0 Å². The van der Waals surface area contributed by atoms with Gasteiger partial charge in [0.15, 0.2) is 0 Å². The van der Waals surface area contributed by atoms with Crippen LogP contribution in [0.15, 0.2) is 30.3 Å². The summed E-state index contributed by atoms with van der Waals surface area (Å²) >= 11 is 0. The molecule has 0 saturated carbocycles. The summed E-state index contributed by atoms with van der Waals surface area (Å²) in [6.07, 6.45) is 0.651. The number of carbonyl (C=O) groups excluding carboxylic acids is 1. The van der Waals surface area contributed by atoms with E-state index in [2.05, 4.69) is 9.50 Å². The molecule has 6 nitrogen and oxygen atoms in total. The molecule has 0 unspecified atom stereocenters. The van der Waals surface area contributed by atoms with E-state index in [0.29, 0.717) is 13.1 Å². The van der Waals surface area contributed by atoms with Crippen molar-refractivity contribution in [2.45, 2.75) is 19.4 Å². The number of carbonyl (C=O) groups is 1. The van der Waals surface area contributed by atoms with Crippen molar-refractivity contribution in [2.24, 2.45) is 0 Å². The summed E-state index contributed by atoms with van der Waals surface area (Å²) in [7, 11) is -3.94. The van der Waals surface area contributed by atoms with Gasteiger partial charge in [0.05, 0.1) is 0 Å². The third-order valence-electron chi connectivity index (χ3n) is 2.84. The molecule has 1 aromatic rings. The van der Waals surface area contributed by atoms with Crippen molar-refractivity contribution < 1.29 is 17.4 Å². The molecule has 1 saturated heterocycles. The van der Waals surface area contributed by atoms with E-state index >= 15 is 0 Å². The number of hydrogen-bond acceptors (Lipinski definition) is 4. The van der Waals surface area contributed by atoms with Gasteiger partial charge in [-0.1, -0.05) is 30.3 Å². The van der Waals surface area contributed by atoms with Crippen LogP contribution in [-0.4, -0.2) is 31.9 Å². The number of amides is 1. The molecular weight excluding hydrogens is 268 g/mol. The van der Waals surface area contributed by atoms with Crippen molar-refractivity contribution in [3.8, 4) is 0 Å². The largest absolute Gasteiger partial charge is 0.423 e. The summed E-state index contributed by atoms with van der Waals surface area (Å²) in [5.41, 5.74) is 0.873. The van der Waals surface area contributed by atoms with Gasteiger partial charge in [-0.25, -0.2) is 4.79 Å². The lowest BCUT2D eigenvalue weighted by molar-refractivity contribution is 0.197. The molecule has 1 heterocycles. The van der Waals surface area contributed by atoms with Gasteiger partial charge >= 0.3 is 16.4 Å². The Kier molecular flexibility index (Phi) is 4.39. The van der Waals surface area contributed by atoms with E-state index in [1.165, 1.54) is 4.31 Å². The number of benzene rings is 1. The maximum atomic E-state index is 11.7. The lowest BCUT2D eigenvalue weighted by atomic mass is 10.2. The van der Waals surface area contributed by atoms with Crippen LogP contribution in [0.25, 0.3) is 0 Å². The van der Waals surface area contributed by atoms with Crippen LogP contribution in [-0.2, 0) is 21.0 Å². The quantitative estimate of drug-likeness (QED) is 0.903. The van der Waals surface area contributed by atoms with Crippen molar-refractivity contribution in [1.29, 1.82) is 0 Å². The predicted octanol–water partition coefficient (Wildman–Crippen LogP) is 1.25. The summed E-state index contributed by atoms with van der Waals surface area (Å²) in [4.78, 5) is 11.4. The lowest BCUT2D eigenvalue weighted by Crippen LogP contribution is -2.35. The van der Waals surface area contributed by atoms with Crippen LogP contribution >= 0.6 is 0 Å². The zero-order valence-electron chi connectivity index (χ0n) is 10.4. The van der Waals surface area contributed by atoms with Gasteiger partial charge in [0, 0.05) is 19.6 Å². The van der Waals surface area contributed by atoms with E-state index in [4.69, 9.17) is 0 Å². The Hall–Kier alpha value is -1.60. The van der Waals surface area contributed by atoms with Gasteiger partial charge in [0.2, 0.25) is 0 Å². The molecule has 0 atom stereocenters. The van der Waals surface area contributed by atoms with Gasteiger partial charge in [-0.2, -0.15) is 12.7 Å². The lowest BCUT2D eigenvalue weighted by Gasteiger charge is -2.14. The summed E-state index contributed by atoms with van der Waals surface area (Å²) in [6, 6.07) is 9.19.